The lowest BCUT2D eigenvalue weighted by Gasteiger charge is -2.34. The lowest BCUT2D eigenvalue weighted by atomic mass is 9.87. The van der Waals surface area contributed by atoms with E-state index >= 15 is 0 Å². The Morgan fingerprint density at radius 1 is 0.903 bits per heavy atom. The van der Waals surface area contributed by atoms with Crippen LogP contribution >= 0.6 is 0 Å². The topological polar surface area (TPSA) is 49.8 Å². The summed E-state index contributed by atoms with van der Waals surface area (Å²) in [4.78, 5) is 14.6. The van der Waals surface area contributed by atoms with Gasteiger partial charge in [-0.1, -0.05) is 78.9 Å². The number of carbonyl (C=O) groups is 1. The first kappa shape index (κ1) is 21.1. The molecule has 4 rings (SSSR count). The molecule has 1 unspecified atom stereocenters. The fourth-order valence-corrected chi connectivity index (χ4v) is 4.22. The van der Waals surface area contributed by atoms with E-state index in [9.17, 15) is 9.90 Å². The Kier molecular flexibility index (Phi) is 7.00. The van der Waals surface area contributed by atoms with Crippen LogP contribution in [0.3, 0.4) is 0 Å². The molecule has 0 aliphatic carbocycles. The van der Waals surface area contributed by atoms with E-state index in [-0.39, 0.29) is 18.4 Å². The molecule has 1 N–H and O–H groups in total. The first-order valence-corrected chi connectivity index (χ1v) is 11.0. The molecule has 3 aromatic carbocycles. The van der Waals surface area contributed by atoms with Crippen molar-refractivity contribution in [2.45, 2.75) is 25.4 Å². The number of piperidine rings is 1. The molecule has 3 aromatic rings. The summed E-state index contributed by atoms with van der Waals surface area (Å²) < 4.78 is 5.93. The first-order chi connectivity index (χ1) is 15.2. The quantitative estimate of drug-likeness (QED) is 0.612. The number of benzene rings is 3. The van der Waals surface area contributed by atoms with Gasteiger partial charge in [0, 0.05) is 19.5 Å². The molecule has 0 bridgehead atoms. The van der Waals surface area contributed by atoms with Crippen molar-refractivity contribution in [3.63, 3.8) is 0 Å². The van der Waals surface area contributed by atoms with E-state index in [0.29, 0.717) is 13.1 Å². The van der Waals surface area contributed by atoms with Crippen LogP contribution in [0.15, 0.2) is 84.9 Å². The number of hydrogen-bond donors (Lipinski definition) is 1. The predicted octanol–water partition coefficient (Wildman–Crippen LogP) is 4.63. The second-order valence-electron chi connectivity index (χ2n) is 8.13. The van der Waals surface area contributed by atoms with Crippen molar-refractivity contribution < 1.29 is 14.6 Å². The molecular weight excluding hydrogens is 386 g/mol. The van der Waals surface area contributed by atoms with Gasteiger partial charge in [0.2, 0.25) is 0 Å². The highest BCUT2D eigenvalue weighted by molar-refractivity contribution is 5.77. The molecule has 160 valence electrons. The molecule has 1 amide bonds. The molecule has 0 radical (unpaired) electrons. The summed E-state index contributed by atoms with van der Waals surface area (Å²) in [5.41, 5.74) is 3.24. The fourth-order valence-electron chi connectivity index (χ4n) is 4.22. The SMILES string of the molecule is O=C(COc1ccccc1Cc1ccccc1)N1CCC(C(O)c2ccccc2)CC1. The normalized spacial score (nSPS) is 15.5. The molecule has 1 saturated heterocycles. The van der Waals surface area contributed by atoms with E-state index in [1.54, 1.807) is 0 Å². The number of amides is 1. The van der Waals surface area contributed by atoms with Crippen LogP contribution in [0, 0.1) is 5.92 Å². The Bertz CT molecular complexity index is 966. The van der Waals surface area contributed by atoms with Gasteiger partial charge in [0.25, 0.3) is 5.91 Å². The number of likely N-dealkylation sites (tertiary alicyclic amines) is 1. The highest BCUT2D eigenvalue weighted by atomic mass is 16.5. The third-order valence-electron chi connectivity index (χ3n) is 6.04. The van der Waals surface area contributed by atoms with Gasteiger partial charge in [-0.25, -0.2) is 0 Å². The minimum absolute atomic E-state index is 0.00200. The lowest BCUT2D eigenvalue weighted by Crippen LogP contribution is -2.42. The zero-order valence-corrected chi connectivity index (χ0v) is 17.7. The Hall–Kier alpha value is -3.11. The van der Waals surface area contributed by atoms with E-state index in [1.807, 2.05) is 77.7 Å². The molecule has 1 aliphatic heterocycles. The van der Waals surface area contributed by atoms with Crippen molar-refractivity contribution in [3.05, 3.63) is 102 Å². The van der Waals surface area contributed by atoms with Crippen LogP contribution in [0.4, 0.5) is 0 Å². The van der Waals surface area contributed by atoms with E-state index < -0.39 is 6.10 Å². The van der Waals surface area contributed by atoms with E-state index in [0.717, 1.165) is 36.1 Å². The predicted molar refractivity (Wildman–Crippen MR) is 122 cm³/mol. The van der Waals surface area contributed by atoms with Crippen molar-refractivity contribution in [1.82, 2.24) is 4.90 Å². The molecule has 4 nitrogen and oxygen atoms in total. The smallest absolute Gasteiger partial charge is 0.260 e. The summed E-state index contributed by atoms with van der Waals surface area (Å²) in [6.45, 7) is 1.35. The van der Waals surface area contributed by atoms with Crippen LogP contribution in [0.2, 0.25) is 0 Å². The number of para-hydroxylation sites is 1. The second kappa shape index (κ2) is 10.3. The zero-order chi connectivity index (χ0) is 21.5. The Morgan fingerprint density at radius 3 is 2.23 bits per heavy atom. The third-order valence-corrected chi connectivity index (χ3v) is 6.04. The van der Waals surface area contributed by atoms with Gasteiger partial charge in [-0.15, -0.1) is 0 Å². The molecule has 4 heteroatoms. The molecule has 1 atom stereocenters. The monoisotopic (exact) mass is 415 g/mol. The van der Waals surface area contributed by atoms with Gasteiger partial charge in [0.05, 0.1) is 6.10 Å². The highest BCUT2D eigenvalue weighted by Gasteiger charge is 2.28. The van der Waals surface area contributed by atoms with Crippen LogP contribution in [-0.4, -0.2) is 35.6 Å². The van der Waals surface area contributed by atoms with Crippen LogP contribution < -0.4 is 4.74 Å². The largest absolute Gasteiger partial charge is 0.483 e. The maximum Gasteiger partial charge on any atom is 0.260 e. The van der Waals surface area contributed by atoms with Gasteiger partial charge in [-0.3, -0.25) is 4.79 Å². The fraction of sp³-hybridized carbons (Fsp3) is 0.296. The maximum absolute atomic E-state index is 12.7. The number of ether oxygens (including phenoxy) is 1. The Balaban J connectivity index is 1.29. The summed E-state index contributed by atoms with van der Waals surface area (Å²) in [7, 11) is 0. The molecule has 0 aromatic heterocycles. The number of aliphatic hydroxyl groups is 1. The Morgan fingerprint density at radius 2 is 1.52 bits per heavy atom. The molecule has 31 heavy (non-hydrogen) atoms. The Labute approximate surface area is 184 Å². The van der Waals surface area contributed by atoms with Crippen LogP contribution in [0.5, 0.6) is 5.75 Å². The summed E-state index contributed by atoms with van der Waals surface area (Å²) in [5.74, 6) is 0.940. The second-order valence-corrected chi connectivity index (χ2v) is 8.13. The maximum atomic E-state index is 12.7. The van der Waals surface area contributed by atoms with E-state index in [4.69, 9.17) is 4.74 Å². The number of rotatable bonds is 7. The van der Waals surface area contributed by atoms with Gasteiger partial charge in [0.1, 0.15) is 5.75 Å². The molecule has 1 fully saturated rings. The molecule has 0 spiro atoms. The van der Waals surface area contributed by atoms with Gasteiger partial charge in [-0.2, -0.15) is 0 Å². The molecule has 1 aliphatic rings. The van der Waals surface area contributed by atoms with Crippen LogP contribution in [0.25, 0.3) is 0 Å². The highest BCUT2D eigenvalue weighted by Crippen LogP contribution is 2.30. The van der Waals surface area contributed by atoms with Crippen molar-refractivity contribution in [3.8, 4) is 5.75 Å². The van der Waals surface area contributed by atoms with Crippen molar-refractivity contribution in [1.29, 1.82) is 0 Å². The van der Waals surface area contributed by atoms with Gasteiger partial charge >= 0.3 is 0 Å². The number of hydrogen-bond acceptors (Lipinski definition) is 3. The van der Waals surface area contributed by atoms with Gasteiger partial charge in [0.15, 0.2) is 6.61 Å². The van der Waals surface area contributed by atoms with Crippen molar-refractivity contribution >= 4 is 5.91 Å². The average molecular weight is 416 g/mol. The standard InChI is InChI=1S/C27H29NO3/c29-26(28-17-15-23(16-18-28)27(30)22-11-5-2-6-12-22)20-31-25-14-8-7-13-24(25)19-21-9-3-1-4-10-21/h1-14,23,27,30H,15-20H2. The minimum atomic E-state index is -0.473. The van der Waals surface area contributed by atoms with Crippen molar-refractivity contribution in [2.75, 3.05) is 19.7 Å². The molecule has 1 heterocycles. The van der Waals surface area contributed by atoms with Crippen LogP contribution in [0.1, 0.15) is 35.6 Å². The van der Waals surface area contributed by atoms with E-state index in [1.165, 1.54) is 5.56 Å². The first-order valence-electron chi connectivity index (χ1n) is 11.0. The summed E-state index contributed by atoms with van der Waals surface area (Å²) in [6, 6.07) is 27.9. The summed E-state index contributed by atoms with van der Waals surface area (Å²) in [6.07, 6.45) is 1.90. The van der Waals surface area contributed by atoms with E-state index in [2.05, 4.69) is 12.1 Å². The third kappa shape index (κ3) is 5.53. The molecular formula is C27H29NO3. The number of nitrogens with zero attached hydrogens (tertiary/aromatic N) is 1. The van der Waals surface area contributed by atoms with Crippen LogP contribution in [-0.2, 0) is 11.2 Å². The minimum Gasteiger partial charge on any atom is -0.483 e. The molecule has 0 saturated carbocycles. The van der Waals surface area contributed by atoms with Gasteiger partial charge < -0.3 is 14.7 Å². The van der Waals surface area contributed by atoms with Crippen molar-refractivity contribution in [2.24, 2.45) is 5.92 Å². The zero-order valence-electron chi connectivity index (χ0n) is 17.7. The lowest BCUT2D eigenvalue weighted by molar-refractivity contribution is -0.135. The van der Waals surface area contributed by atoms with Gasteiger partial charge in [-0.05, 0) is 41.5 Å². The number of aliphatic hydroxyl groups excluding tert-OH is 1. The summed E-state index contributed by atoms with van der Waals surface area (Å²) in [5, 5.41) is 10.6. The average Bonchev–Trinajstić information content (AvgIpc) is 2.84. The summed E-state index contributed by atoms with van der Waals surface area (Å²) >= 11 is 0. The number of carbonyl (C=O) groups excluding carboxylic acids is 1.